The van der Waals surface area contributed by atoms with Crippen molar-refractivity contribution in [3.05, 3.63) is 0 Å². The lowest BCUT2D eigenvalue weighted by Crippen LogP contribution is -2.38. The van der Waals surface area contributed by atoms with E-state index >= 15 is 0 Å². The Morgan fingerprint density at radius 3 is 2.79 bits per heavy atom. The lowest BCUT2D eigenvalue weighted by atomic mass is 10.1. The zero-order valence-corrected chi connectivity index (χ0v) is 9.63. The van der Waals surface area contributed by atoms with Crippen LogP contribution in [-0.4, -0.2) is 36.1 Å². The van der Waals surface area contributed by atoms with Crippen molar-refractivity contribution < 1.29 is 0 Å². The van der Waals surface area contributed by atoms with E-state index in [1.807, 2.05) is 0 Å². The van der Waals surface area contributed by atoms with Gasteiger partial charge in [0.05, 0.1) is 0 Å². The fraction of sp³-hybridized carbons (Fsp3) is 1.00. The summed E-state index contributed by atoms with van der Waals surface area (Å²) < 4.78 is 0. The Morgan fingerprint density at radius 1 is 1.36 bits per heavy atom. The Labute approximate surface area is 88.1 Å². The highest BCUT2D eigenvalue weighted by molar-refractivity contribution is 4.92. The van der Waals surface area contributed by atoms with Crippen molar-refractivity contribution in [3.63, 3.8) is 0 Å². The second kappa shape index (κ2) is 4.63. The number of nitrogens with zero attached hydrogens (tertiary/aromatic N) is 1. The molecular formula is C12H24N2. The van der Waals surface area contributed by atoms with E-state index < -0.39 is 0 Å². The zero-order valence-electron chi connectivity index (χ0n) is 9.63. The van der Waals surface area contributed by atoms with Crippen LogP contribution < -0.4 is 5.32 Å². The molecule has 2 rings (SSSR count). The molecule has 2 unspecified atom stereocenters. The van der Waals surface area contributed by atoms with Gasteiger partial charge in [0, 0.05) is 31.2 Å². The topological polar surface area (TPSA) is 15.3 Å². The summed E-state index contributed by atoms with van der Waals surface area (Å²) in [4.78, 5) is 2.68. The van der Waals surface area contributed by atoms with Gasteiger partial charge >= 0.3 is 0 Å². The molecule has 0 bridgehead atoms. The van der Waals surface area contributed by atoms with Crippen LogP contribution in [0.2, 0.25) is 0 Å². The van der Waals surface area contributed by atoms with E-state index in [1.54, 1.807) is 0 Å². The van der Waals surface area contributed by atoms with E-state index in [0.717, 1.165) is 12.1 Å². The maximum atomic E-state index is 3.75. The van der Waals surface area contributed by atoms with Crippen molar-refractivity contribution >= 4 is 0 Å². The van der Waals surface area contributed by atoms with E-state index in [4.69, 9.17) is 0 Å². The molecular weight excluding hydrogens is 172 g/mol. The molecule has 1 aliphatic heterocycles. The molecule has 14 heavy (non-hydrogen) atoms. The van der Waals surface area contributed by atoms with E-state index in [1.165, 1.54) is 45.2 Å². The van der Waals surface area contributed by atoms with Crippen LogP contribution >= 0.6 is 0 Å². The third kappa shape index (κ3) is 2.71. The molecule has 82 valence electrons. The monoisotopic (exact) mass is 196 g/mol. The SMILES string of the molecule is CCCC(C)NC1CCN(C2CC2)C1. The van der Waals surface area contributed by atoms with Gasteiger partial charge in [-0.2, -0.15) is 0 Å². The summed E-state index contributed by atoms with van der Waals surface area (Å²) in [6, 6.07) is 2.45. The summed E-state index contributed by atoms with van der Waals surface area (Å²) in [6.07, 6.45) is 6.90. The van der Waals surface area contributed by atoms with Crippen molar-refractivity contribution in [1.82, 2.24) is 10.2 Å². The third-order valence-electron chi connectivity index (χ3n) is 3.52. The minimum absolute atomic E-state index is 0.712. The second-order valence-corrected chi connectivity index (χ2v) is 5.07. The van der Waals surface area contributed by atoms with E-state index in [2.05, 4.69) is 24.1 Å². The molecule has 1 N–H and O–H groups in total. The van der Waals surface area contributed by atoms with E-state index in [-0.39, 0.29) is 0 Å². The van der Waals surface area contributed by atoms with Gasteiger partial charge in [-0.25, -0.2) is 0 Å². The van der Waals surface area contributed by atoms with E-state index in [9.17, 15) is 0 Å². The van der Waals surface area contributed by atoms with Gasteiger partial charge in [-0.15, -0.1) is 0 Å². The molecule has 2 atom stereocenters. The van der Waals surface area contributed by atoms with Crippen LogP contribution in [0.3, 0.4) is 0 Å². The molecule has 2 aliphatic rings. The first kappa shape index (κ1) is 10.4. The maximum absolute atomic E-state index is 3.75. The van der Waals surface area contributed by atoms with Crippen molar-refractivity contribution in [3.8, 4) is 0 Å². The van der Waals surface area contributed by atoms with Crippen LogP contribution in [0.25, 0.3) is 0 Å². The summed E-state index contributed by atoms with van der Waals surface area (Å²) in [5.74, 6) is 0. The van der Waals surface area contributed by atoms with Gasteiger partial charge in [0.2, 0.25) is 0 Å². The minimum atomic E-state index is 0.712. The van der Waals surface area contributed by atoms with Gasteiger partial charge in [-0.05, 0) is 32.6 Å². The number of likely N-dealkylation sites (tertiary alicyclic amines) is 1. The summed E-state index contributed by atoms with van der Waals surface area (Å²) in [6.45, 7) is 7.23. The van der Waals surface area contributed by atoms with Crippen LogP contribution in [0.4, 0.5) is 0 Å². The van der Waals surface area contributed by atoms with Crippen LogP contribution in [0.1, 0.15) is 46.0 Å². The molecule has 1 saturated carbocycles. The highest BCUT2D eigenvalue weighted by atomic mass is 15.2. The van der Waals surface area contributed by atoms with Crippen molar-refractivity contribution in [1.29, 1.82) is 0 Å². The van der Waals surface area contributed by atoms with Gasteiger partial charge in [0.25, 0.3) is 0 Å². The highest BCUT2D eigenvalue weighted by Gasteiger charge is 2.34. The average molecular weight is 196 g/mol. The molecule has 0 spiro atoms. The van der Waals surface area contributed by atoms with Crippen LogP contribution in [-0.2, 0) is 0 Å². The molecule has 2 nitrogen and oxygen atoms in total. The molecule has 1 aliphatic carbocycles. The summed E-state index contributed by atoms with van der Waals surface area (Å²) in [7, 11) is 0. The second-order valence-electron chi connectivity index (χ2n) is 5.07. The largest absolute Gasteiger partial charge is 0.310 e. The number of nitrogens with one attached hydrogen (secondary N) is 1. The first-order valence-corrected chi connectivity index (χ1v) is 6.29. The number of hydrogen-bond donors (Lipinski definition) is 1. The first-order valence-electron chi connectivity index (χ1n) is 6.29. The minimum Gasteiger partial charge on any atom is -0.310 e. The van der Waals surface area contributed by atoms with Crippen LogP contribution in [0, 0.1) is 0 Å². The average Bonchev–Trinajstić information content (AvgIpc) is 2.89. The predicted octanol–water partition coefficient (Wildman–Crippen LogP) is 2.00. The normalized spacial score (nSPS) is 30.9. The fourth-order valence-electron chi connectivity index (χ4n) is 2.61. The lowest BCUT2D eigenvalue weighted by molar-refractivity contribution is 0.312. The zero-order chi connectivity index (χ0) is 9.97. The molecule has 1 saturated heterocycles. The highest BCUT2D eigenvalue weighted by Crippen LogP contribution is 2.29. The van der Waals surface area contributed by atoms with Crippen molar-refractivity contribution in [2.75, 3.05) is 13.1 Å². The number of rotatable bonds is 5. The Bertz CT molecular complexity index is 177. The van der Waals surface area contributed by atoms with E-state index in [0.29, 0.717) is 6.04 Å². The standard InChI is InChI=1S/C12H24N2/c1-3-4-10(2)13-11-7-8-14(9-11)12-5-6-12/h10-13H,3-9H2,1-2H3. The smallest absolute Gasteiger partial charge is 0.0209 e. The first-order chi connectivity index (χ1) is 6.79. The van der Waals surface area contributed by atoms with Crippen LogP contribution in [0.15, 0.2) is 0 Å². The van der Waals surface area contributed by atoms with Gasteiger partial charge < -0.3 is 5.32 Å². The fourth-order valence-corrected chi connectivity index (χ4v) is 2.61. The Morgan fingerprint density at radius 2 is 2.14 bits per heavy atom. The predicted molar refractivity (Wildman–Crippen MR) is 60.5 cm³/mol. The molecule has 0 aromatic rings. The Balaban J connectivity index is 1.67. The summed E-state index contributed by atoms with van der Waals surface area (Å²) >= 11 is 0. The third-order valence-corrected chi connectivity index (χ3v) is 3.52. The molecule has 0 aromatic carbocycles. The quantitative estimate of drug-likeness (QED) is 0.723. The molecule has 2 heteroatoms. The van der Waals surface area contributed by atoms with Crippen LogP contribution in [0.5, 0.6) is 0 Å². The molecule has 0 amide bonds. The molecule has 1 heterocycles. The van der Waals surface area contributed by atoms with Crippen molar-refractivity contribution in [2.24, 2.45) is 0 Å². The molecule has 0 radical (unpaired) electrons. The van der Waals surface area contributed by atoms with Gasteiger partial charge in [0.1, 0.15) is 0 Å². The lowest BCUT2D eigenvalue weighted by Gasteiger charge is -2.19. The van der Waals surface area contributed by atoms with Gasteiger partial charge in [-0.1, -0.05) is 13.3 Å². The number of hydrogen-bond acceptors (Lipinski definition) is 2. The molecule has 2 fully saturated rings. The maximum Gasteiger partial charge on any atom is 0.0209 e. The summed E-state index contributed by atoms with van der Waals surface area (Å²) in [5, 5.41) is 3.75. The Hall–Kier alpha value is -0.0800. The van der Waals surface area contributed by atoms with Crippen molar-refractivity contribution in [2.45, 2.75) is 64.1 Å². The summed E-state index contributed by atoms with van der Waals surface area (Å²) in [5.41, 5.74) is 0. The molecule has 0 aromatic heterocycles. The Kier molecular flexibility index (Phi) is 3.45. The van der Waals surface area contributed by atoms with Gasteiger partial charge in [-0.3, -0.25) is 4.90 Å². The van der Waals surface area contributed by atoms with Gasteiger partial charge in [0.15, 0.2) is 0 Å².